The lowest BCUT2D eigenvalue weighted by Crippen LogP contribution is -2.12. The lowest BCUT2D eigenvalue weighted by atomic mass is 10.1. The third-order valence-corrected chi connectivity index (χ3v) is 3.08. The Hall–Kier alpha value is -1.58. The molecule has 1 aromatic rings. The molecule has 17 heavy (non-hydrogen) atoms. The van der Waals surface area contributed by atoms with Gasteiger partial charge in [-0.15, -0.1) is 0 Å². The van der Waals surface area contributed by atoms with Gasteiger partial charge in [-0.25, -0.2) is 9.78 Å². The summed E-state index contributed by atoms with van der Waals surface area (Å²) in [5.41, 5.74) is 8.43. The fourth-order valence-electron chi connectivity index (χ4n) is 2.20. The summed E-state index contributed by atoms with van der Waals surface area (Å²) in [6.45, 7) is 2.14. The van der Waals surface area contributed by atoms with Crippen molar-refractivity contribution in [2.45, 2.75) is 39.0 Å². The molecule has 0 spiro atoms. The first-order valence-corrected chi connectivity index (χ1v) is 6.17. The van der Waals surface area contributed by atoms with Gasteiger partial charge < -0.3 is 10.5 Å². The van der Waals surface area contributed by atoms with Crippen molar-refractivity contribution in [2.24, 2.45) is 0 Å². The lowest BCUT2D eigenvalue weighted by Gasteiger charge is -2.10. The standard InChI is InChI=1S/C13H18N2O2/c1-2-17-13(16)10-8-9-6-4-3-5-7-11(9)15-12(10)14/h8H,2-7H2,1H3,(H2,14,15). The minimum atomic E-state index is -0.371. The number of fused-ring (bicyclic) bond motifs is 1. The van der Waals surface area contributed by atoms with Crippen LogP contribution in [0.3, 0.4) is 0 Å². The maximum Gasteiger partial charge on any atom is 0.341 e. The van der Waals surface area contributed by atoms with E-state index >= 15 is 0 Å². The molecule has 0 radical (unpaired) electrons. The molecule has 1 aliphatic rings. The number of aryl methyl sites for hydroxylation is 2. The number of nitrogen functional groups attached to an aromatic ring is 1. The van der Waals surface area contributed by atoms with Gasteiger partial charge in [-0.1, -0.05) is 6.42 Å². The first-order chi connectivity index (χ1) is 8.22. The Morgan fingerprint density at radius 1 is 1.41 bits per heavy atom. The van der Waals surface area contributed by atoms with Gasteiger partial charge in [-0.3, -0.25) is 0 Å². The van der Waals surface area contributed by atoms with E-state index < -0.39 is 0 Å². The van der Waals surface area contributed by atoms with Crippen LogP contribution in [0.5, 0.6) is 0 Å². The fraction of sp³-hybridized carbons (Fsp3) is 0.538. The summed E-state index contributed by atoms with van der Waals surface area (Å²) >= 11 is 0. The molecule has 0 aliphatic heterocycles. The smallest absolute Gasteiger partial charge is 0.341 e. The predicted molar refractivity (Wildman–Crippen MR) is 65.9 cm³/mol. The second-order valence-corrected chi connectivity index (χ2v) is 4.31. The second kappa shape index (κ2) is 5.17. The van der Waals surface area contributed by atoms with Crippen LogP contribution in [0.15, 0.2) is 6.07 Å². The largest absolute Gasteiger partial charge is 0.462 e. The Morgan fingerprint density at radius 3 is 2.94 bits per heavy atom. The van der Waals surface area contributed by atoms with Gasteiger partial charge in [0.2, 0.25) is 0 Å². The van der Waals surface area contributed by atoms with E-state index in [-0.39, 0.29) is 5.97 Å². The molecule has 4 heteroatoms. The molecule has 1 aliphatic carbocycles. The summed E-state index contributed by atoms with van der Waals surface area (Å²) in [4.78, 5) is 16.0. The molecule has 0 bridgehead atoms. The van der Waals surface area contributed by atoms with Crippen molar-refractivity contribution in [1.82, 2.24) is 4.98 Å². The number of anilines is 1. The van der Waals surface area contributed by atoms with E-state index in [1.165, 1.54) is 6.42 Å². The average Bonchev–Trinajstić information content (AvgIpc) is 2.52. The number of esters is 1. The van der Waals surface area contributed by atoms with Crippen LogP contribution in [0.1, 0.15) is 47.8 Å². The van der Waals surface area contributed by atoms with E-state index in [0.29, 0.717) is 18.0 Å². The SMILES string of the molecule is CCOC(=O)c1cc2c(nc1N)CCCCC2. The minimum absolute atomic E-state index is 0.295. The van der Waals surface area contributed by atoms with Crippen molar-refractivity contribution in [2.75, 3.05) is 12.3 Å². The van der Waals surface area contributed by atoms with Crippen molar-refractivity contribution >= 4 is 11.8 Å². The van der Waals surface area contributed by atoms with Crippen LogP contribution in [0, 0.1) is 0 Å². The average molecular weight is 234 g/mol. The molecule has 0 aromatic carbocycles. The Kier molecular flexibility index (Phi) is 3.61. The zero-order chi connectivity index (χ0) is 12.3. The number of ether oxygens (including phenoxy) is 1. The highest BCUT2D eigenvalue weighted by atomic mass is 16.5. The van der Waals surface area contributed by atoms with Crippen LogP contribution < -0.4 is 5.73 Å². The highest BCUT2D eigenvalue weighted by Gasteiger charge is 2.17. The molecule has 1 heterocycles. The highest BCUT2D eigenvalue weighted by Crippen LogP contribution is 2.23. The number of carbonyl (C=O) groups is 1. The molecule has 0 saturated carbocycles. The van der Waals surface area contributed by atoms with Crippen molar-refractivity contribution in [1.29, 1.82) is 0 Å². The van der Waals surface area contributed by atoms with Gasteiger partial charge in [0.25, 0.3) is 0 Å². The molecular weight excluding hydrogens is 216 g/mol. The van der Waals surface area contributed by atoms with E-state index in [2.05, 4.69) is 4.98 Å². The fourth-order valence-corrected chi connectivity index (χ4v) is 2.20. The molecule has 0 amide bonds. The number of carbonyl (C=O) groups excluding carboxylic acids is 1. The quantitative estimate of drug-likeness (QED) is 0.628. The van der Waals surface area contributed by atoms with Gasteiger partial charge in [0, 0.05) is 5.69 Å². The predicted octanol–water partition coefficient (Wildman–Crippen LogP) is 2.11. The highest BCUT2D eigenvalue weighted by molar-refractivity contribution is 5.94. The Balaban J connectivity index is 2.35. The minimum Gasteiger partial charge on any atom is -0.462 e. The van der Waals surface area contributed by atoms with Crippen LogP contribution >= 0.6 is 0 Å². The van der Waals surface area contributed by atoms with E-state index in [1.54, 1.807) is 6.92 Å². The second-order valence-electron chi connectivity index (χ2n) is 4.31. The summed E-state index contributed by atoms with van der Waals surface area (Å²) in [6.07, 6.45) is 5.46. The summed E-state index contributed by atoms with van der Waals surface area (Å²) in [5.74, 6) is -0.0753. The number of rotatable bonds is 2. The van der Waals surface area contributed by atoms with Gasteiger partial charge in [-0.05, 0) is 44.2 Å². The number of pyridine rings is 1. The number of nitrogens with two attached hydrogens (primary N) is 1. The van der Waals surface area contributed by atoms with E-state index in [0.717, 1.165) is 36.9 Å². The molecule has 0 saturated heterocycles. The molecule has 2 rings (SSSR count). The third kappa shape index (κ3) is 2.57. The van der Waals surface area contributed by atoms with Crippen LogP contribution in [-0.2, 0) is 17.6 Å². The summed E-state index contributed by atoms with van der Waals surface area (Å²) < 4.78 is 4.97. The maximum atomic E-state index is 11.7. The number of nitrogens with zero attached hydrogens (tertiary/aromatic N) is 1. The Labute approximate surface area is 101 Å². The molecule has 1 aromatic heterocycles. The Morgan fingerprint density at radius 2 is 2.18 bits per heavy atom. The normalized spacial score (nSPS) is 14.9. The van der Waals surface area contributed by atoms with Gasteiger partial charge in [0.05, 0.1) is 6.61 Å². The molecule has 4 nitrogen and oxygen atoms in total. The van der Waals surface area contributed by atoms with Gasteiger partial charge in [-0.2, -0.15) is 0 Å². The number of aromatic nitrogens is 1. The van der Waals surface area contributed by atoms with E-state index in [1.807, 2.05) is 6.07 Å². The molecule has 0 fully saturated rings. The first-order valence-electron chi connectivity index (χ1n) is 6.17. The van der Waals surface area contributed by atoms with Crippen LogP contribution in [0.2, 0.25) is 0 Å². The van der Waals surface area contributed by atoms with Crippen molar-refractivity contribution < 1.29 is 9.53 Å². The zero-order valence-electron chi connectivity index (χ0n) is 10.2. The number of hydrogen-bond acceptors (Lipinski definition) is 4. The van der Waals surface area contributed by atoms with E-state index in [4.69, 9.17) is 10.5 Å². The molecule has 0 atom stereocenters. The van der Waals surface area contributed by atoms with Crippen LogP contribution in [0.4, 0.5) is 5.82 Å². The summed E-state index contributed by atoms with van der Waals surface area (Å²) in [6, 6.07) is 1.86. The lowest BCUT2D eigenvalue weighted by molar-refractivity contribution is 0.0527. The van der Waals surface area contributed by atoms with Crippen LogP contribution in [-0.4, -0.2) is 17.6 Å². The molecule has 92 valence electrons. The van der Waals surface area contributed by atoms with Crippen molar-refractivity contribution in [3.63, 3.8) is 0 Å². The Bertz CT molecular complexity index is 430. The van der Waals surface area contributed by atoms with Gasteiger partial charge >= 0.3 is 5.97 Å². The van der Waals surface area contributed by atoms with Gasteiger partial charge in [0.1, 0.15) is 11.4 Å². The molecule has 0 unspecified atom stereocenters. The zero-order valence-corrected chi connectivity index (χ0v) is 10.2. The van der Waals surface area contributed by atoms with Gasteiger partial charge in [0.15, 0.2) is 0 Å². The van der Waals surface area contributed by atoms with Crippen LogP contribution in [0.25, 0.3) is 0 Å². The third-order valence-electron chi connectivity index (χ3n) is 3.08. The first kappa shape index (κ1) is 11.9. The summed E-state index contributed by atoms with van der Waals surface area (Å²) in [5, 5.41) is 0. The summed E-state index contributed by atoms with van der Waals surface area (Å²) in [7, 11) is 0. The molecular formula is C13H18N2O2. The number of hydrogen-bond donors (Lipinski definition) is 1. The maximum absolute atomic E-state index is 11.7. The van der Waals surface area contributed by atoms with E-state index in [9.17, 15) is 4.79 Å². The van der Waals surface area contributed by atoms with Crippen molar-refractivity contribution in [3.05, 3.63) is 22.9 Å². The monoisotopic (exact) mass is 234 g/mol. The molecule has 2 N–H and O–H groups in total. The topological polar surface area (TPSA) is 65.2 Å². The van der Waals surface area contributed by atoms with Crippen molar-refractivity contribution in [3.8, 4) is 0 Å².